The molecule has 0 aliphatic heterocycles. The van der Waals surface area contributed by atoms with Gasteiger partial charge in [0.25, 0.3) is 0 Å². The Morgan fingerprint density at radius 3 is 3.24 bits per heavy atom. The first-order chi connectivity index (χ1) is 8.33. The van der Waals surface area contributed by atoms with Crippen LogP contribution in [-0.2, 0) is 13.0 Å². The monoisotopic (exact) mass is 293 g/mol. The summed E-state index contributed by atoms with van der Waals surface area (Å²) in [6.07, 6.45) is 2.25. The number of hydrogen-bond donors (Lipinski definition) is 2. The summed E-state index contributed by atoms with van der Waals surface area (Å²) in [5.74, 6) is 0.704. The fourth-order valence-electron chi connectivity index (χ4n) is 2.27. The van der Waals surface area contributed by atoms with Gasteiger partial charge in [-0.05, 0) is 36.1 Å². The average Bonchev–Trinajstić information content (AvgIpc) is 2.94. The van der Waals surface area contributed by atoms with Crippen molar-refractivity contribution >= 4 is 15.9 Å². The fourth-order valence-corrected chi connectivity index (χ4v) is 2.68. The van der Waals surface area contributed by atoms with Crippen LogP contribution < -0.4 is 5.32 Å². The number of H-pyrrole nitrogens is 1. The molecule has 0 amide bonds. The molecule has 0 radical (unpaired) electrons. The molecule has 0 saturated carbocycles. The predicted molar refractivity (Wildman–Crippen MR) is 66.2 cm³/mol. The highest BCUT2D eigenvalue weighted by Gasteiger charge is 2.22. The van der Waals surface area contributed by atoms with Crippen LogP contribution in [0.4, 0.5) is 0 Å². The molecule has 0 saturated heterocycles. The fraction of sp³-hybridized carbons (Fsp3) is 0.364. The second-order valence-corrected chi connectivity index (χ2v) is 5.06. The van der Waals surface area contributed by atoms with E-state index in [2.05, 4.69) is 60.1 Å². The first kappa shape index (κ1) is 10.9. The second kappa shape index (κ2) is 4.54. The molecule has 2 N–H and O–H groups in total. The molecule has 1 aliphatic rings. The Bertz CT molecular complexity index is 511. The minimum absolute atomic E-state index is 0.400. The van der Waals surface area contributed by atoms with Crippen molar-refractivity contribution in [3.63, 3.8) is 0 Å². The summed E-state index contributed by atoms with van der Waals surface area (Å²) in [6, 6.07) is 6.87. The lowest BCUT2D eigenvalue weighted by molar-refractivity contribution is 0.519. The van der Waals surface area contributed by atoms with Crippen LogP contribution in [0.3, 0.4) is 0 Å². The summed E-state index contributed by atoms with van der Waals surface area (Å²) in [5, 5.41) is 17.3. The normalized spacial score (nSPS) is 18.3. The molecule has 5 nitrogen and oxygen atoms in total. The molecule has 6 heteroatoms. The van der Waals surface area contributed by atoms with Crippen LogP contribution in [0.1, 0.15) is 29.4 Å². The third kappa shape index (κ3) is 2.23. The van der Waals surface area contributed by atoms with Crippen molar-refractivity contribution in [2.75, 3.05) is 0 Å². The van der Waals surface area contributed by atoms with E-state index in [0.717, 1.165) is 17.3 Å². The first-order valence-corrected chi connectivity index (χ1v) is 6.36. The van der Waals surface area contributed by atoms with Gasteiger partial charge >= 0.3 is 0 Å². The molecule has 1 aromatic carbocycles. The van der Waals surface area contributed by atoms with Gasteiger partial charge in [-0.15, -0.1) is 10.2 Å². The number of tetrazole rings is 1. The van der Waals surface area contributed by atoms with Gasteiger partial charge < -0.3 is 5.32 Å². The molecule has 17 heavy (non-hydrogen) atoms. The lowest BCUT2D eigenvalue weighted by Gasteiger charge is -2.12. The summed E-state index contributed by atoms with van der Waals surface area (Å²) >= 11 is 3.50. The van der Waals surface area contributed by atoms with Gasteiger partial charge in [0.15, 0.2) is 5.82 Å². The van der Waals surface area contributed by atoms with Crippen LogP contribution in [0.2, 0.25) is 0 Å². The molecule has 1 aromatic heterocycles. The molecule has 1 aliphatic carbocycles. The minimum Gasteiger partial charge on any atom is -0.303 e. The van der Waals surface area contributed by atoms with Crippen molar-refractivity contribution in [3.8, 4) is 0 Å². The summed E-state index contributed by atoms with van der Waals surface area (Å²) < 4.78 is 1.15. The molecule has 1 heterocycles. The van der Waals surface area contributed by atoms with Gasteiger partial charge in [-0.2, -0.15) is 5.21 Å². The zero-order valence-corrected chi connectivity index (χ0v) is 10.7. The molecule has 0 fully saturated rings. The molecular formula is C11H12BrN5. The Kier molecular flexibility index (Phi) is 2.90. The number of nitrogens with zero attached hydrogens (tertiary/aromatic N) is 3. The maximum atomic E-state index is 3.93. The summed E-state index contributed by atoms with van der Waals surface area (Å²) in [7, 11) is 0. The molecule has 3 rings (SSSR count). The quantitative estimate of drug-likeness (QED) is 0.905. The van der Waals surface area contributed by atoms with Crippen LogP contribution in [0, 0.1) is 0 Å². The Hall–Kier alpha value is -1.27. The second-order valence-electron chi connectivity index (χ2n) is 4.14. The predicted octanol–water partition coefficient (Wildman–Crippen LogP) is 1.74. The van der Waals surface area contributed by atoms with Crippen molar-refractivity contribution in [1.82, 2.24) is 25.9 Å². The highest BCUT2D eigenvalue weighted by Crippen LogP contribution is 2.32. The number of hydrogen-bond acceptors (Lipinski definition) is 4. The van der Waals surface area contributed by atoms with E-state index >= 15 is 0 Å². The van der Waals surface area contributed by atoms with E-state index in [-0.39, 0.29) is 0 Å². The molecule has 2 aromatic rings. The maximum absolute atomic E-state index is 3.93. The van der Waals surface area contributed by atoms with E-state index in [1.54, 1.807) is 0 Å². The number of rotatable bonds is 3. The summed E-state index contributed by atoms with van der Waals surface area (Å²) in [5.41, 5.74) is 2.81. The van der Waals surface area contributed by atoms with E-state index in [0.29, 0.717) is 18.4 Å². The number of aryl methyl sites for hydroxylation is 1. The smallest absolute Gasteiger partial charge is 0.188 e. The largest absolute Gasteiger partial charge is 0.303 e. The Labute approximate surface area is 107 Å². The van der Waals surface area contributed by atoms with Crippen molar-refractivity contribution < 1.29 is 0 Å². The molecule has 88 valence electrons. The molecule has 0 spiro atoms. The zero-order valence-electron chi connectivity index (χ0n) is 9.15. The number of benzene rings is 1. The topological polar surface area (TPSA) is 66.5 Å². The standard InChI is InChI=1S/C11H12BrN5/c12-8-2-3-9-7(5-8)1-4-10(9)13-6-11-14-16-17-15-11/h2-3,5,10,13H,1,4,6H2,(H,14,15,16,17). The third-order valence-corrected chi connectivity index (χ3v) is 3.57. The molecule has 0 bridgehead atoms. The molecule has 1 unspecified atom stereocenters. The minimum atomic E-state index is 0.400. The molecular weight excluding hydrogens is 282 g/mol. The lowest BCUT2D eigenvalue weighted by atomic mass is 10.1. The van der Waals surface area contributed by atoms with Crippen LogP contribution in [0.25, 0.3) is 0 Å². The van der Waals surface area contributed by atoms with Crippen molar-refractivity contribution in [2.24, 2.45) is 0 Å². The average molecular weight is 294 g/mol. The number of halogens is 1. The highest BCUT2D eigenvalue weighted by molar-refractivity contribution is 9.10. The zero-order chi connectivity index (χ0) is 11.7. The molecule has 1 atom stereocenters. The van der Waals surface area contributed by atoms with Gasteiger partial charge in [0.05, 0.1) is 6.54 Å². The Morgan fingerprint density at radius 2 is 2.41 bits per heavy atom. The van der Waals surface area contributed by atoms with E-state index in [1.165, 1.54) is 11.1 Å². The van der Waals surface area contributed by atoms with Gasteiger partial charge in [-0.1, -0.05) is 27.2 Å². The van der Waals surface area contributed by atoms with Crippen molar-refractivity contribution in [3.05, 3.63) is 39.6 Å². The van der Waals surface area contributed by atoms with E-state index in [4.69, 9.17) is 0 Å². The van der Waals surface area contributed by atoms with Crippen molar-refractivity contribution in [2.45, 2.75) is 25.4 Å². The van der Waals surface area contributed by atoms with E-state index < -0.39 is 0 Å². The summed E-state index contributed by atoms with van der Waals surface area (Å²) in [4.78, 5) is 0. The highest BCUT2D eigenvalue weighted by atomic mass is 79.9. The van der Waals surface area contributed by atoms with Crippen LogP contribution in [-0.4, -0.2) is 20.6 Å². The SMILES string of the molecule is Brc1ccc2c(c1)CCC2NCc1nn[nH]n1. The summed E-state index contributed by atoms with van der Waals surface area (Å²) in [6.45, 7) is 0.649. The Morgan fingerprint density at radius 1 is 1.47 bits per heavy atom. The van der Waals surface area contributed by atoms with Crippen molar-refractivity contribution in [1.29, 1.82) is 0 Å². The van der Waals surface area contributed by atoms with Gasteiger partial charge in [0.2, 0.25) is 0 Å². The van der Waals surface area contributed by atoms with Gasteiger partial charge in [-0.3, -0.25) is 0 Å². The lowest BCUT2D eigenvalue weighted by Crippen LogP contribution is -2.19. The van der Waals surface area contributed by atoms with Gasteiger partial charge in [0.1, 0.15) is 0 Å². The Balaban J connectivity index is 1.71. The number of nitrogens with one attached hydrogen (secondary N) is 2. The van der Waals surface area contributed by atoms with Crippen LogP contribution in [0.15, 0.2) is 22.7 Å². The van der Waals surface area contributed by atoms with Crippen LogP contribution >= 0.6 is 15.9 Å². The first-order valence-electron chi connectivity index (χ1n) is 5.57. The van der Waals surface area contributed by atoms with E-state index in [1.807, 2.05) is 0 Å². The van der Waals surface area contributed by atoms with E-state index in [9.17, 15) is 0 Å². The number of aromatic nitrogens is 4. The third-order valence-electron chi connectivity index (χ3n) is 3.08. The number of aromatic amines is 1. The number of fused-ring (bicyclic) bond motifs is 1. The maximum Gasteiger partial charge on any atom is 0.188 e. The van der Waals surface area contributed by atoms with Gasteiger partial charge in [-0.25, -0.2) is 0 Å². The van der Waals surface area contributed by atoms with Gasteiger partial charge in [0, 0.05) is 10.5 Å². The van der Waals surface area contributed by atoms with Crippen LogP contribution in [0.5, 0.6) is 0 Å².